The fourth-order valence-electron chi connectivity index (χ4n) is 3.74. The van der Waals surface area contributed by atoms with E-state index in [0.717, 1.165) is 6.07 Å². The van der Waals surface area contributed by atoms with Crippen LogP contribution in [0, 0.1) is 5.82 Å². The van der Waals surface area contributed by atoms with Gasteiger partial charge < -0.3 is 19.9 Å². The third-order valence-electron chi connectivity index (χ3n) is 5.64. The van der Waals surface area contributed by atoms with Crippen molar-refractivity contribution in [1.29, 1.82) is 0 Å². The highest BCUT2D eigenvalue weighted by Crippen LogP contribution is 2.36. The van der Waals surface area contributed by atoms with E-state index in [-0.39, 0.29) is 17.2 Å². The molecule has 2 amide bonds. The number of pyridine rings is 1. The number of thiophene rings is 1. The maximum atomic E-state index is 14.9. The molecular formula is C28H22FN5O4S. The Balaban J connectivity index is 1.26. The zero-order chi connectivity index (χ0) is 27.4. The van der Waals surface area contributed by atoms with Gasteiger partial charge in [-0.3, -0.25) is 19.4 Å². The molecule has 9 nitrogen and oxygen atoms in total. The average molecular weight is 544 g/mol. The highest BCUT2D eigenvalue weighted by atomic mass is 32.1. The number of carbonyl (C=O) groups is 3. The summed E-state index contributed by atoms with van der Waals surface area (Å²) in [6, 6.07) is 15.9. The Hall–Kier alpha value is -4.90. The molecule has 0 fully saturated rings. The second-order valence-electron chi connectivity index (χ2n) is 8.44. The number of halogens is 1. The van der Waals surface area contributed by atoms with Crippen LogP contribution in [0.5, 0.6) is 11.5 Å². The highest BCUT2D eigenvalue weighted by Gasteiger charge is 2.19. The Morgan fingerprint density at radius 2 is 1.72 bits per heavy atom. The summed E-state index contributed by atoms with van der Waals surface area (Å²) in [5, 5.41) is 5.13. The first-order valence-electron chi connectivity index (χ1n) is 12.0. The molecule has 5 rings (SSSR count). The second-order valence-corrected chi connectivity index (χ2v) is 9.49. The summed E-state index contributed by atoms with van der Waals surface area (Å²) >= 11 is 1.18. The highest BCUT2D eigenvalue weighted by molar-refractivity contribution is 7.21. The van der Waals surface area contributed by atoms with Crippen molar-refractivity contribution < 1.29 is 23.5 Å². The van der Waals surface area contributed by atoms with E-state index in [1.165, 1.54) is 29.7 Å². The number of hydrogen-bond acceptors (Lipinski definition) is 7. The minimum Gasteiger partial charge on any atom is -0.453 e. The van der Waals surface area contributed by atoms with Crippen molar-refractivity contribution in [3.63, 3.8) is 0 Å². The molecule has 0 aliphatic heterocycles. The number of fused-ring (bicyclic) bond motifs is 1. The minimum absolute atomic E-state index is 0.0784. The second kappa shape index (κ2) is 11.2. The summed E-state index contributed by atoms with van der Waals surface area (Å²) in [5.41, 5.74) is 1.61. The molecule has 0 aliphatic rings. The van der Waals surface area contributed by atoms with Crippen LogP contribution in [0.2, 0.25) is 0 Å². The Morgan fingerprint density at radius 1 is 0.949 bits per heavy atom. The van der Waals surface area contributed by atoms with Gasteiger partial charge in [0.1, 0.15) is 17.9 Å². The first kappa shape index (κ1) is 25.7. The molecule has 0 spiro atoms. The zero-order valence-corrected chi connectivity index (χ0v) is 21.5. The van der Waals surface area contributed by atoms with E-state index in [1.54, 1.807) is 48.9 Å². The van der Waals surface area contributed by atoms with Crippen LogP contribution in [0.1, 0.15) is 28.7 Å². The number of ketones is 1. The van der Waals surface area contributed by atoms with E-state index in [0.29, 0.717) is 38.8 Å². The number of imidazole rings is 1. The summed E-state index contributed by atoms with van der Waals surface area (Å²) in [5.74, 6) is -1.79. The number of benzene rings is 2. The number of para-hydroxylation sites is 1. The fraction of sp³-hybridized carbons (Fsp3) is 0.107. The number of anilines is 2. The zero-order valence-electron chi connectivity index (χ0n) is 20.7. The van der Waals surface area contributed by atoms with Gasteiger partial charge in [-0.1, -0.05) is 18.2 Å². The van der Waals surface area contributed by atoms with E-state index in [1.807, 2.05) is 17.6 Å². The third kappa shape index (κ3) is 5.99. The molecule has 0 aliphatic carbocycles. The van der Waals surface area contributed by atoms with Crippen LogP contribution >= 0.6 is 11.3 Å². The molecular weight excluding hydrogens is 521 g/mol. The number of amides is 2. The molecule has 3 heterocycles. The van der Waals surface area contributed by atoms with Crippen molar-refractivity contribution in [3.8, 4) is 11.5 Å². The van der Waals surface area contributed by atoms with Gasteiger partial charge in [-0.05, 0) is 37.3 Å². The molecule has 11 heteroatoms. The molecule has 0 bridgehead atoms. The van der Waals surface area contributed by atoms with E-state index in [9.17, 15) is 18.8 Å². The Bertz CT molecular complexity index is 1680. The van der Waals surface area contributed by atoms with Gasteiger partial charge in [0.15, 0.2) is 11.6 Å². The number of carbonyl (C=O) groups excluding carboxylic acids is 3. The van der Waals surface area contributed by atoms with Crippen LogP contribution in [0.25, 0.3) is 10.2 Å². The Kier molecular flexibility index (Phi) is 7.41. The monoisotopic (exact) mass is 543 g/mol. The molecule has 0 radical (unpaired) electrons. The molecule has 0 atom stereocenters. The number of aromatic nitrogens is 3. The molecule has 196 valence electrons. The van der Waals surface area contributed by atoms with Crippen molar-refractivity contribution in [3.05, 3.63) is 95.8 Å². The molecule has 2 N–H and O–H groups in total. The lowest BCUT2D eigenvalue weighted by Gasteiger charge is -2.10. The van der Waals surface area contributed by atoms with Crippen LogP contribution < -0.4 is 15.4 Å². The van der Waals surface area contributed by atoms with Crippen molar-refractivity contribution in [1.82, 2.24) is 14.5 Å². The summed E-state index contributed by atoms with van der Waals surface area (Å²) in [6.45, 7) is 2.65. The van der Waals surface area contributed by atoms with Crippen molar-refractivity contribution >= 4 is 50.5 Å². The summed E-state index contributed by atoms with van der Waals surface area (Å²) < 4.78 is 23.1. The fourth-order valence-corrected chi connectivity index (χ4v) is 4.76. The van der Waals surface area contributed by atoms with Crippen LogP contribution in [0.4, 0.5) is 15.8 Å². The van der Waals surface area contributed by atoms with E-state index < -0.39 is 24.1 Å². The number of aryl methyl sites for hydroxylation is 1. The molecule has 3 aromatic heterocycles. The molecule has 0 unspecified atom stereocenters. The van der Waals surface area contributed by atoms with Crippen LogP contribution in [0.3, 0.4) is 0 Å². The van der Waals surface area contributed by atoms with E-state index in [4.69, 9.17) is 4.74 Å². The summed E-state index contributed by atoms with van der Waals surface area (Å²) in [7, 11) is 0. The van der Waals surface area contributed by atoms with Crippen LogP contribution in [-0.4, -0.2) is 32.1 Å². The summed E-state index contributed by atoms with van der Waals surface area (Å²) in [6.07, 6.45) is 4.37. The molecule has 5 aromatic rings. The van der Waals surface area contributed by atoms with Gasteiger partial charge >= 0.3 is 0 Å². The minimum atomic E-state index is -0.718. The first-order chi connectivity index (χ1) is 18.9. The Labute approximate surface area is 226 Å². The number of rotatable bonds is 9. The summed E-state index contributed by atoms with van der Waals surface area (Å²) in [4.78, 5) is 46.1. The quantitative estimate of drug-likeness (QED) is 0.184. The molecule has 39 heavy (non-hydrogen) atoms. The lowest BCUT2D eigenvalue weighted by molar-refractivity contribution is -0.123. The van der Waals surface area contributed by atoms with Gasteiger partial charge in [0.2, 0.25) is 17.6 Å². The number of nitrogens with one attached hydrogen (secondary N) is 2. The average Bonchev–Trinajstić information content (AvgIpc) is 3.58. The van der Waals surface area contributed by atoms with E-state index >= 15 is 0 Å². The third-order valence-corrected chi connectivity index (χ3v) is 6.78. The molecule has 2 aromatic carbocycles. The van der Waals surface area contributed by atoms with Gasteiger partial charge in [0, 0.05) is 42.4 Å². The largest absolute Gasteiger partial charge is 0.453 e. The maximum absolute atomic E-state index is 14.9. The standard InChI is InChI=1S/C28H22FN5O4S/c1-2-34-15-21(31-16-34)27(37)24-13-20-28(39-24)23(10-11-30-20)38-22-9-8-18(12-19(22)29)33-26(36)14-25(35)32-17-6-4-3-5-7-17/h3-13,15-16H,2,14H2,1H3,(H,32,35)(H,33,36). The van der Waals surface area contributed by atoms with Gasteiger partial charge in [0.25, 0.3) is 0 Å². The van der Waals surface area contributed by atoms with Crippen LogP contribution in [0.15, 0.2) is 79.4 Å². The number of nitrogens with zero attached hydrogens (tertiary/aromatic N) is 3. The molecule has 0 saturated carbocycles. The normalized spacial score (nSPS) is 10.8. The van der Waals surface area contributed by atoms with Gasteiger partial charge in [-0.15, -0.1) is 11.3 Å². The smallest absolute Gasteiger partial charge is 0.233 e. The van der Waals surface area contributed by atoms with E-state index in [2.05, 4.69) is 20.6 Å². The van der Waals surface area contributed by atoms with Crippen molar-refractivity contribution in [2.45, 2.75) is 19.9 Å². The van der Waals surface area contributed by atoms with Gasteiger partial charge in [0.05, 0.1) is 21.4 Å². The number of hydrogen-bond donors (Lipinski definition) is 2. The topological polar surface area (TPSA) is 115 Å². The predicted molar refractivity (Wildman–Crippen MR) is 146 cm³/mol. The van der Waals surface area contributed by atoms with Crippen molar-refractivity contribution in [2.75, 3.05) is 10.6 Å². The SMILES string of the molecule is CCn1cnc(C(=O)c2cc3nccc(Oc4ccc(NC(=O)CC(=O)Nc5ccccc5)cc4F)c3s2)c1. The van der Waals surface area contributed by atoms with Gasteiger partial charge in [-0.2, -0.15) is 0 Å². The number of ether oxygens (including phenoxy) is 1. The Morgan fingerprint density at radius 3 is 2.44 bits per heavy atom. The lowest BCUT2D eigenvalue weighted by Crippen LogP contribution is -2.21. The molecule has 0 saturated heterocycles. The maximum Gasteiger partial charge on any atom is 0.233 e. The van der Waals surface area contributed by atoms with Crippen LogP contribution in [-0.2, 0) is 16.1 Å². The lowest BCUT2D eigenvalue weighted by atomic mass is 10.2. The van der Waals surface area contributed by atoms with Crippen molar-refractivity contribution in [2.24, 2.45) is 0 Å². The van der Waals surface area contributed by atoms with Gasteiger partial charge in [-0.25, -0.2) is 9.37 Å². The predicted octanol–water partition coefficient (Wildman–Crippen LogP) is 5.64. The first-order valence-corrected chi connectivity index (χ1v) is 12.8.